The molecule has 0 heterocycles. The van der Waals surface area contributed by atoms with Crippen LogP contribution in [-0.4, -0.2) is 96.7 Å². The average molecular weight is 1470 g/mol. The fraction of sp³-hybridized carbons (Fsp3) is 0.614. The van der Waals surface area contributed by atoms with Crippen LogP contribution in [0.15, 0.2) is 170 Å². The second kappa shape index (κ2) is 73.7. The highest BCUT2D eigenvalue weighted by molar-refractivity contribution is 7.47. The predicted octanol–water partition coefficient (Wildman–Crippen LogP) is 22.2. The molecule has 0 saturated carbocycles. The van der Waals surface area contributed by atoms with Gasteiger partial charge in [-0.2, -0.15) is 0 Å². The topological polar surface area (TPSA) is 237 Å². The summed E-state index contributed by atoms with van der Waals surface area (Å²) < 4.78 is 68.3. The van der Waals surface area contributed by atoms with Crippen LogP contribution < -0.4 is 0 Å². The second-order valence-corrected chi connectivity index (χ2v) is 27.7. The van der Waals surface area contributed by atoms with Crippen molar-refractivity contribution >= 4 is 39.5 Å². The van der Waals surface area contributed by atoms with E-state index in [2.05, 4.69) is 174 Å². The minimum absolute atomic E-state index is 0.0665. The van der Waals surface area contributed by atoms with Crippen LogP contribution in [-0.2, 0) is 65.4 Å². The fourth-order valence-corrected chi connectivity index (χ4v) is 11.0. The Morgan fingerprint density at radius 3 is 0.873 bits per heavy atom. The molecule has 0 aliphatic rings. The highest BCUT2D eigenvalue weighted by Crippen LogP contribution is 2.45. The first-order valence-electron chi connectivity index (χ1n) is 38.4. The minimum Gasteiger partial charge on any atom is -0.462 e. The Kier molecular flexibility index (Phi) is 69.7. The molecular weight excluding hydrogens is 1330 g/mol. The van der Waals surface area contributed by atoms with Gasteiger partial charge in [0.05, 0.1) is 32.8 Å². The Bertz CT molecular complexity index is 2600. The molecule has 17 nitrogen and oxygen atoms in total. The standard InChI is InChI=1S/C83H134O17P2/c1-5-9-13-17-21-25-29-33-36-37-38-39-42-45-48-52-56-60-64-68-81(86)94-74-79(100-83(88)70-66-62-58-54-50-46-41-35-31-27-23-19-15-11-7-3)76-98-102(91,92)96-72-77(84)71-95-101(89,90)97-75-78(99-82(87)69-65-61-57-53-49-43-32-28-24-20-16-12-8-4)73-93-80(85)67-63-59-55-51-47-44-40-34-30-26-22-18-14-10-6-2/h9-11,13-16,20-23,25-28,32-36,38-41,50,54,62,66,77-79,84H,5-8,12,17-19,24,29-31,37,42-49,51-53,55-61,63-65,67-76H2,1-4H3,(H,89,90)(H,91,92)/b13-9-,14-10-,15-11-,20-16-,25-21-,26-22-,27-23-,32-28-,36-33-,39-38-,40-34-,41-35-,54-50-,66-62-. The normalized spacial score (nSPS) is 14.9. The van der Waals surface area contributed by atoms with E-state index < -0.39 is 97.5 Å². The number of phosphoric ester groups is 2. The Balaban J connectivity index is 5.46. The molecule has 0 saturated heterocycles. The molecule has 5 unspecified atom stereocenters. The molecule has 0 aromatic carbocycles. The van der Waals surface area contributed by atoms with Crippen molar-refractivity contribution in [1.82, 2.24) is 0 Å². The predicted molar refractivity (Wildman–Crippen MR) is 417 cm³/mol. The molecule has 0 rings (SSSR count). The number of ether oxygens (including phenoxy) is 4. The number of phosphoric acid groups is 2. The number of aliphatic hydroxyl groups is 1. The van der Waals surface area contributed by atoms with E-state index in [9.17, 15) is 43.2 Å². The largest absolute Gasteiger partial charge is 0.472 e. The Hall–Kier alpha value is -5.58. The molecule has 0 bridgehead atoms. The lowest BCUT2D eigenvalue weighted by molar-refractivity contribution is -0.161. The molecule has 0 radical (unpaired) electrons. The van der Waals surface area contributed by atoms with Gasteiger partial charge in [-0.05, 0) is 148 Å². The van der Waals surface area contributed by atoms with Gasteiger partial charge in [0.25, 0.3) is 0 Å². The average Bonchev–Trinajstić information content (AvgIpc) is 0.907. The van der Waals surface area contributed by atoms with Gasteiger partial charge >= 0.3 is 39.5 Å². The van der Waals surface area contributed by atoms with Gasteiger partial charge in [-0.1, -0.05) is 268 Å². The summed E-state index contributed by atoms with van der Waals surface area (Å²) in [6.07, 6.45) is 86.6. The van der Waals surface area contributed by atoms with Gasteiger partial charge in [0.1, 0.15) is 19.3 Å². The van der Waals surface area contributed by atoms with E-state index in [-0.39, 0.29) is 25.7 Å². The summed E-state index contributed by atoms with van der Waals surface area (Å²) in [6, 6.07) is 0. The van der Waals surface area contributed by atoms with Crippen molar-refractivity contribution < 1.29 is 80.2 Å². The van der Waals surface area contributed by atoms with Crippen molar-refractivity contribution in [2.45, 2.75) is 290 Å². The minimum atomic E-state index is -5.01. The van der Waals surface area contributed by atoms with Crippen LogP contribution in [0, 0.1) is 0 Å². The van der Waals surface area contributed by atoms with Crippen LogP contribution in [0.2, 0.25) is 0 Å². The van der Waals surface area contributed by atoms with E-state index in [1.807, 2.05) is 12.2 Å². The lowest BCUT2D eigenvalue weighted by Crippen LogP contribution is -2.30. The highest BCUT2D eigenvalue weighted by Gasteiger charge is 2.30. The third-order valence-corrected chi connectivity index (χ3v) is 17.1. The maximum Gasteiger partial charge on any atom is 0.472 e. The number of allylic oxidation sites excluding steroid dienone is 27. The lowest BCUT2D eigenvalue weighted by Gasteiger charge is -2.21. The fourth-order valence-electron chi connectivity index (χ4n) is 9.46. The van der Waals surface area contributed by atoms with E-state index >= 15 is 0 Å². The van der Waals surface area contributed by atoms with Gasteiger partial charge in [-0.15, -0.1) is 0 Å². The molecule has 19 heteroatoms. The van der Waals surface area contributed by atoms with E-state index in [0.29, 0.717) is 25.7 Å². The molecular formula is C83H134O17P2. The zero-order valence-corrected chi connectivity index (χ0v) is 64.8. The molecule has 0 fully saturated rings. The first-order valence-corrected chi connectivity index (χ1v) is 41.4. The summed E-state index contributed by atoms with van der Waals surface area (Å²) in [5.74, 6) is -2.39. The first-order chi connectivity index (χ1) is 49.7. The number of hydrogen-bond acceptors (Lipinski definition) is 15. The van der Waals surface area contributed by atoms with Crippen molar-refractivity contribution in [3.8, 4) is 0 Å². The number of aliphatic hydroxyl groups excluding tert-OH is 1. The molecule has 0 spiro atoms. The van der Waals surface area contributed by atoms with Crippen molar-refractivity contribution in [2.75, 3.05) is 39.6 Å². The molecule has 3 N–H and O–H groups in total. The molecule has 102 heavy (non-hydrogen) atoms. The summed E-state index contributed by atoms with van der Waals surface area (Å²) in [4.78, 5) is 72.8. The molecule has 5 atom stereocenters. The van der Waals surface area contributed by atoms with Crippen LogP contribution in [0.25, 0.3) is 0 Å². The molecule has 0 aromatic heterocycles. The summed E-state index contributed by atoms with van der Waals surface area (Å²) >= 11 is 0. The van der Waals surface area contributed by atoms with Gasteiger partial charge in [0.15, 0.2) is 12.2 Å². The maximum atomic E-state index is 13.1. The number of carbonyl (C=O) groups excluding carboxylic acids is 4. The molecule has 0 aromatic rings. The Labute approximate surface area is 616 Å². The van der Waals surface area contributed by atoms with Crippen LogP contribution in [0.5, 0.6) is 0 Å². The maximum absolute atomic E-state index is 13.1. The third-order valence-electron chi connectivity index (χ3n) is 15.2. The zero-order valence-electron chi connectivity index (χ0n) is 63.0. The number of rotatable bonds is 70. The van der Waals surface area contributed by atoms with Crippen molar-refractivity contribution in [3.05, 3.63) is 170 Å². The van der Waals surface area contributed by atoms with Crippen LogP contribution >= 0.6 is 15.6 Å². The van der Waals surface area contributed by atoms with Gasteiger partial charge in [-0.25, -0.2) is 9.13 Å². The SMILES string of the molecule is CC/C=C\C/C=C\C/C=C\C/C=C\C/C=C\CC(=O)OC(COC(=O)CCCCCCCC/C=C\C/C=C\C/C=C\C/C=C\CC)COP(=O)(O)OCC(O)COP(=O)(O)OCC(COC(=O)CCCCCCC/C=C\C/C=C\C/C=C\CC)OC(=O)CCCCCCC/C=C\C/C=C\CCC. The molecule has 0 amide bonds. The molecule has 0 aliphatic heterocycles. The Morgan fingerprint density at radius 2 is 0.549 bits per heavy atom. The number of esters is 4. The number of unbranched alkanes of at least 4 members (excludes halogenated alkanes) is 17. The van der Waals surface area contributed by atoms with Crippen LogP contribution in [0.3, 0.4) is 0 Å². The van der Waals surface area contributed by atoms with Crippen LogP contribution in [0.4, 0.5) is 0 Å². The van der Waals surface area contributed by atoms with Crippen molar-refractivity contribution in [3.63, 3.8) is 0 Å². The van der Waals surface area contributed by atoms with Crippen molar-refractivity contribution in [1.29, 1.82) is 0 Å². The second-order valence-electron chi connectivity index (χ2n) is 24.8. The first kappa shape index (κ1) is 96.4. The van der Waals surface area contributed by atoms with E-state index in [4.69, 9.17) is 37.0 Å². The van der Waals surface area contributed by atoms with E-state index in [0.717, 1.165) is 193 Å². The number of hydrogen-bond donors (Lipinski definition) is 3. The van der Waals surface area contributed by atoms with Gasteiger partial charge in [0.2, 0.25) is 0 Å². The summed E-state index contributed by atoms with van der Waals surface area (Å²) in [6.45, 7) is 4.27. The zero-order chi connectivity index (χ0) is 74.6. The van der Waals surface area contributed by atoms with E-state index in [1.54, 1.807) is 12.2 Å². The Morgan fingerprint density at radius 1 is 0.294 bits per heavy atom. The van der Waals surface area contributed by atoms with Crippen LogP contribution in [0.1, 0.15) is 272 Å². The molecule has 0 aliphatic carbocycles. The monoisotopic (exact) mass is 1460 g/mol. The van der Waals surface area contributed by atoms with E-state index in [1.165, 1.54) is 0 Å². The van der Waals surface area contributed by atoms with Gasteiger partial charge in [0, 0.05) is 19.3 Å². The summed E-state index contributed by atoms with van der Waals surface area (Å²) in [7, 11) is -10.0. The summed E-state index contributed by atoms with van der Waals surface area (Å²) in [5.41, 5.74) is 0. The lowest BCUT2D eigenvalue weighted by atomic mass is 10.1. The number of carbonyl (C=O) groups is 4. The quantitative estimate of drug-likeness (QED) is 0.0169. The molecule has 578 valence electrons. The van der Waals surface area contributed by atoms with Gasteiger partial charge < -0.3 is 33.8 Å². The van der Waals surface area contributed by atoms with Gasteiger partial charge in [-0.3, -0.25) is 37.3 Å². The highest BCUT2D eigenvalue weighted by atomic mass is 31.2. The smallest absolute Gasteiger partial charge is 0.462 e. The summed E-state index contributed by atoms with van der Waals surface area (Å²) in [5, 5.41) is 10.6. The van der Waals surface area contributed by atoms with Crippen molar-refractivity contribution in [2.24, 2.45) is 0 Å². The third kappa shape index (κ3) is 72.8.